The van der Waals surface area contributed by atoms with Crippen molar-refractivity contribution in [1.29, 1.82) is 0 Å². The molecular weight excluding hydrogens is 336 g/mol. The average Bonchev–Trinajstić information content (AvgIpc) is 3.11. The van der Waals surface area contributed by atoms with Crippen LogP contribution < -0.4 is 4.80 Å². The lowest BCUT2D eigenvalue weighted by Crippen LogP contribution is -2.17. The van der Waals surface area contributed by atoms with E-state index in [2.05, 4.69) is 70.6 Å². The first-order valence-electron chi connectivity index (χ1n) is 8.77. The summed E-state index contributed by atoms with van der Waals surface area (Å²) in [5, 5.41) is 2.21. The van der Waals surface area contributed by atoms with Crippen molar-refractivity contribution in [3.8, 4) is 11.3 Å². The Morgan fingerprint density at radius 1 is 0.731 bits per heavy atom. The van der Waals surface area contributed by atoms with Gasteiger partial charge in [0.15, 0.2) is 4.80 Å². The van der Waals surface area contributed by atoms with Crippen molar-refractivity contribution in [3.63, 3.8) is 0 Å². The molecule has 0 saturated carbocycles. The van der Waals surface area contributed by atoms with Crippen molar-refractivity contribution in [3.05, 3.63) is 107 Å². The average molecular weight is 356 g/mol. The zero-order valence-electron chi connectivity index (χ0n) is 14.5. The fourth-order valence-corrected chi connectivity index (χ4v) is 3.93. The van der Waals surface area contributed by atoms with Gasteiger partial charge >= 0.3 is 0 Å². The molecule has 0 N–H and O–H groups in total. The molecule has 3 heteroatoms. The first-order chi connectivity index (χ1) is 12.9. The summed E-state index contributed by atoms with van der Waals surface area (Å²) in [6.45, 7) is 0.906. The van der Waals surface area contributed by atoms with Gasteiger partial charge in [-0.2, -0.15) is 0 Å². The molecule has 0 bridgehead atoms. The summed E-state index contributed by atoms with van der Waals surface area (Å²) in [5.41, 5.74) is 4.78. The van der Waals surface area contributed by atoms with Crippen LogP contribution >= 0.6 is 11.3 Å². The maximum Gasteiger partial charge on any atom is 0.190 e. The number of aryl methyl sites for hydroxylation is 1. The predicted octanol–water partition coefficient (Wildman–Crippen LogP) is 5.69. The first-order valence-corrected chi connectivity index (χ1v) is 9.65. The molecule has 0 fully saturated rings. The lowest BCUT2D eigenvalue weighted by molar-refractivity contribution is 0.684. The molecule has 0 aliphatic heterocycles. The molecule has 128 valence electrons. The summed E-state index contributed by atoms with van der Waals surface area (Å²) in [6.07, 6.45) is 0.985. The zero-order valence-corrected chi connectivity index (χ0v) is 15.3. The number of benzene rings is 3. The van der Waals surface area contributed by atoms with Crippen LogP contribution in [0.25, 0.3) is 11.3 Å². The monoisotopic (exact) mass is 356 g/mol. The molecule has 0 aliphatic carbocycles. The largest absolute Gasteiger partial charge is 0.316 e. The van der Waals surface area contributed by atoms with Crippen LogP contribution in [-0.4, -0.2) is 4.57 Å². The quantitative estimate of drug-likeness (QED) is 0.437. The number of hydrogen-bond donors (Lipinski definition) is 0. The summed E-state index contributed by atoms with van der Waals surface area (Å²) in [5.74, 6) is 0. The standard InChI is InChI=1S/C23H20N2S/c1-4-10-19(11-5-1)16-17-25-22(20-12-6-2-7-13-20)18-26-23(25)24-21-14-8-3-9-15-21/h1-15,18H,16-17H2. The second-order valence-corrected chi connectivity index (χ2v) is 6.94. The van der Waals surface area contributed by atoms with Gasteiger partial charge in [-0.1, -0.05) is 78.9 Å². The van der Waals surface area contributed by atoms with Crippen LogP contribution in [0.2, 0.25) is 0 Å². The molecule has 0 atom stereocenters. The molecule has 4 aromatic rings. The third kappa shape index (κ3) is 3.84. The van der Waals surface area contributed by atoms with Crippen molar-refractivity contribution in [2.75, 3.05) is 0 Å². The Morgan fingerprint density at radius 3 is 2.04 bits per heavy atom. The third-order valence-electron chi connectivity index (χ3n) is 4.32. The predicted molar refractivity (Wildman–Crippen MR) is 110 cm³/mol. The number of nitrogens with zero attached hydrogens (tertiary/aromatic N) is 2. The lowest BCUT2D eigenvalue weighted by atomic mass is 10.1. The Hall–Kier alpha value is -2.91. The van der Waals surface area contributed by atoms with Crippen molar-refractivity contribution in [1.82, 2.24) is 4.57 Å². The minimum absolute atomic E-state index is 0.906. The van der Waals surface area contributed by atoms with Crippen LogP contribution in [0.3, 0.4) is 0 Å². The van der Waals surface area contributed by atoms with Gasteiger partial charge in [-0.25, -0.2) is 4.99 Å². The maximum absolute atomic E-state index is 4.88. The summed E-state index contributed by atoms with van der Waals surface area (Å²) in [6, 6.07) is 31.3. The molecule has 4 rings (SSSR count). The topological polar surface area (TPSA) is 17.3 Å². The van der Waals surface area contributed by atoms with E-state index in [4.69, 9.17) is 4.99 Å². The summed E-state index contributed by atoms with van der Waals surface area (Å²) in [4.78, 5) is 5.91. The van der Waals surface area contributed by atoms with Gasteiger partial charge in [-0.3, -0.25) is 0 Å². The Morgan fingerprint density at radius 2 is 1.35 bits per heavy atom. The van der Waals surface area contributed by atoms with Gasteiger partial charge in [0.25, 0.3) is 0 Å². The molecule has 0 unspecified atom stereocenters. The van der Waals surface area contributed by atoms with Gasteiger partial charge in [-0.15, -0.1) is 11.3 Å². The molecule has 0 saturated heterocycles. The minimum atomic E-state index is 0.906. The molecule has 0 radical (unpaired) electrons. The zero-order chi connectivity index (χ0) is 17.6. The van der Waals surface area contributed by atoms with E-state index in [0.29, 0.717) is 0 Å². The fraction of sp³-hybridized carbons (Fsp3) is 0.0870. The summed E-state index contributed by atoms with van der Waals surface area (Å²) < 4.78 is 2.33. The molecular formula is C23H20N2S. The normalized spacial score (nSPS) is 11.6. The fourth-order valence-electron chi connectivity index (χ4n) is 2.97. The number of aromatic nitrogens is 1. The van der Waals surface area contributed by atoms with Crippen LogP contribution in [0.1, 0.15) is 5.56 Å². The van der Waals surface area contributed by atoms with Crippen molar-refractivity contribution in [2.45, 2.75) is 13.0 Å². The van der Waals surface area contributed by atoms with Crippen LogP contribution in [0.15, 0.2) is 101 Å². The highest BCUT2D eigenvalue weighted by molar-refractivity contribution is 7.07. The van der Waals surface area contributed by atoms with E-state index in [1.807, 2.05) is 30.3 Å². The second-order valence-electron chi connectivity index (χ2n) is 6.10. The second kappa shape index (κ2) is 7.98. The van der Waals surface area contributed by atoms with E-state index in [-0.39, 0.29) is 0 Å². The minimum Gasteiger partial charge on any atom is -0.316 e. The van der Waals surface area contributed by atoms with E-state index in [1.165, 1.54) is 16.8 Å². The molecule has 3 aromatic carbocycles. The van der Waals surface area contributed by atoms with Crippen molar-refractivity contribution in [2.24, 2.45) is 4.99 Å². The molecule has 0 amide bonds. The first kappa shape index (κ1) is 16.6. The third-order valence-corrected chi connectivity index (χ3v) is 5.18. The van der Waals surface area contributed by atoms with Gasteiger partial charge in [-0.05, 0) is 29.7 Å². The molecule has 26 heavy (non-hydrogen) atoms. The lowest BCUT2D eigenvalue weighted by Gasteiger charge is -2.09. The maximum atomic E-state index is 4.88. The van der Waals surface area contributed by atoms with Gasteiger partial charge in [0.2, 0.25) is 0 Å². The van der Waals surface area contributed by atoms with E-state index in [1.54, 1.807) is 11.3 Å². The Kier molecular flexibility index (Phi) is 5.08. The van der Waals surface area contributed by atoms with E-state index in [0.717, 1.165) is 23.5 Å². The SMILES string of the molecule is c1ccc(CCn2c(-c3ccccc3)csc2=Nc2ccccc2)cc1. The number of rotatable bonds is 5. The molecule has 1 heterocycles. The molecule has 0 aliphatic rings. The molecule has 1 aromatic heterocycles. The van der Waals surface area contributed by atoms with Gasteiger partial charge in [0, 0.05) is 11.9 Å². The smallest absolute Gasteiger partial charge is 0.190 e. The molecule has 0 spiro atoms. The van der Waals surface area contributed by atoms with Gasteiger partial charge < -0.3 is 4.57 Å². The Bertz CT molecular complexity index is 1020. The van der Waals surface area contributed by atoms with Crippen molar-refractivity contribution >= 4 is 17.0 Å². The van der Waals surface area contributed by atoms with Gasteiger partial charge in [0.1, 0.15) is 0 Å². The van der Waals surface area contributed by atoms with E-state index < -0.39 is 0 Å². The van der Waals surface area contributed by atoms with E-state index >= 15 is 0 Å². The highest BCUT2D eigenvalue weighted by Crippen LogP contribution is 2.21. The Labute approximate surface area is 157 Å². The summed E-state index contributed by atoms with van der Waals surface area (Å²) >= 11 is 1.70. The highest BCUT2D eigenvalue weighted by Gasteiger charge is 2.08. The molecule has 2 nitrogen and oxygen atoms in total. The van der Waals surface area contributed by atoms with Crippen molar-refractivity contribution < 1.29 is 0 Å². The summed E-state index contributed by atoms with van der Waals surface area (Å²) in [7, 11) is 0. The van der Waals surface area contributed by atoms with E-state index in [9.17, 15) is 0 Å². The van der Waals surface area contributed by atoms with Gasteiger partial charge in [0.05, 0.1) is 11.4 Å². The van der Waals surface area contributed by atoms with Crippen LogP contribution in [0.4, 0.5) is 5.69 Å². The highest BCUT2D eigenvalue weighted by atomic mass is 32.1. The number of para-hydroxylation sites is 1. The van der Waals surface area contributed by atoms with Crippen LogP contribution in [-0.2, 0) is 13.0 Å². The number of hydrogen-bond acceptors (Lipinski definition) is 2. The number of thiazole rings is 1. The van der Waals surface area contributed by atoms with Crippen LogP contribution in [0, 0.1) is 0 Å². The van der Waals surface area contributed by atoms with Crippen LogP contribution in [0.5, 0.6) is 0 Å². The Balaban J connectivity index is 1.75.